The van der Waals surface area contributed by atoms with Crippen molar-refractivity contribution in [2.75, 3.05) is 0 Å². The Hall–Kier alpha value is -1.86. The molecule has 19 heavy (non-hydrogen) atoms. The molecule has 0 aliphatic rings. The van der Waals surface area contributed by atoms with Crippen LogP contribution in [0.2, 0.25) is 0 Å². The predicted octanol–water partition coefficient (Wildman–Crippen LogP) is 3.30. The molecule has 0 unspecified atom stereocenters. The molecule has 0 amide bonds. The second-order valence-corrected chi connectivity index (χ2v) is 4.60. The molecule has 5 heteroatoms. The highest BCUT2D eigenvalue weighted by Crippen LogP contribution is 2.18. The van der Waals surface area contributed by atoms with Crippen LogP contribution in [0, 0.1) is 31.0 Å². The van der Waals surface area contributed by atoms with E-state index in [-0.39, 0.29) is 5.56 Å². The maximum Gasteiger partial charge on any atom is 0.146 e. The SMILES string of the molecule is Cc1nn(Cc2cccc(C#N)c2F)c(C)c1CCl. The van der Waals surface area contributed by atoms with Gasteiger partial charge >= 0.3 is 0 Å². The molecule has 1 aromatic carbocycles. The summed E-state index contributed by atoms with van der Waals surface area (Å²) in [5.41, 5.74) is 3.25. The minimum Gasteiger partial charge on any atom is -0.265 e. The van der Waals surface area contributed by atoms with Gasteiger partial charge in [-0.2, -0.15) is 10.4 Å². The lowest BCUT2D eigenvalue weighted by Crippen LogP contribution is -2.07. The van der Waals surface area contributed by atoms with E-state index in [4.69, 9.17) is 16.9 Å². The first kappa shape index (κ1) is 13.6. The normalized spacial score (nSPS) is 10.5. The fourth-order valence-electron chi connectivity index (χ4n) is 2.03. The Balaban J connectivity index is 2.40. The second-order valence-electron chi connectivity index (χ2n) is 4.33. The molecule has 98 valence electrons. The number of aryl methyl sites for hydroxylation is 1. The fraction of sp³-hybridized carbons (Fsp3) is 0.286. The van der Waals surface area contributed by atoms with E-state index in [1.807, 2.05) is 19.9 Å². The zero-order valence-electron chi connectivity index (χ0n) is 10.7. The molecule has 0 fully saturated rings. The molecule has 0 N–H and O–H groups in total. The summed E-state index contributed by atoms with van der Waals surface area (Å²) in [5, 5.41) is 13.2. The van der Waals surface area contributed by atoms with E-state index < -0.39 is 5.82 Å². The van der Waals surface area contributed by atoms with Crippen molar-refractivity contribution < 1.29 is 4.39 Å². The van der Waals surface area contributed by atoms with Gasteiger partial charge in [0.2, 0.25) is 0 Å². The van der Waals surface area contributed by atoms with E-state index in [0.29, 0.717) is 18.0 Å². The van der Waals surface area contributed by atoms with E-state index in [9.17, 15) is 4.39 Å². The summed E-state index contributed by atoms with van der Waals surface area (Å²) in [5.74, 6) is -0.0942. The summed E-state index contributed by atoms with van der Waals surface area (Å²) in [6, 6.07) is 6.63. The Kier molecular flexibility index (Phi) is 3.87. The van der Waals surface area contributed by atoms with Crippen LogP contribution in [0.4, 0.5) is 4.39 Å². The van der Waals surface area contributed by atoms with Gasteiger partial charge in [0.05, 0.1) is 23.7 Å². The largest absolute Gasteiger partial charge is 0.265 e. The molecular weight excluding hydrogens is 265 g/mol. The van der Waals surface area contributed by atoms with Crippen molar-refractivity contribution in [2.45, 2.75) is 26.3 Å². The minimum atomic E-state index is -0.482. The van der Waals surface area contributed by atoms with Gasteiger partial charge in [-0.1, -0.05) is 12.1 Å². The Bertz CT molecular complexity index is 655. The number of benzene rings is 1. The number of alkyl halides is 1. The molecule has 0 aliphatic heterocycles. The molecule has 1 aromatic heterocycles. The highest BCUT2D eigenvalue weighted by Gasteiger charge is 2.13. The summed E-state index contributed by atoms with van der Waals surface area (Å²) < 4.78 is 15.7. The van der Waals surface area contributed by atoms with Gasteiger partial charge in [-0.25, -0.2) is 4.39 Å². The smallest absolute Gasteiger partial charge is 0.146 e. The van der Waals surface area contributed by atoms with Crippen LogP contribution in [-0.4, -0.2) is 9.78 Å². The van der Waals surface area contributed by atoms with Gasteiger partial charge in [-0.15, -0.1) is 11.6 Å². The zero-order chi connectivity index (χ0) is 14.0. The molecule has 0 radical (unpaired) electrons. The lowest BCUT2D eigenvalue weighted by Gasteiger charge is -2.07. The van der Waals surface area contributed by atoms with Crippen LogP contribution < -0.4 is 0 Å². The second kappa shape index (κ2) is 5.41. The van der Waals surface area contributed by atoms with Crippen LogP contribution in [0.25, 0.3) is 0 Å². The number of halogens is 2. The maximum atomic E-state index is 14.0. The number of nitrogens with zero attached hydrogens (tertiary/aromatic N) is 3. The molecule has 2 aromatic rings. The highest BCUT2D eigenvalue weighted by molar-refractivity contribution is 6.17. The van der Waals surface area contributed by atoms with Gasteiger partial charge in [-0.05, 0) is 19.9 Å². The van der Waals surface area contributed by atoms with E-state index in [1.165, 1.54) is 6.07 Å². The quantitative estimate of drug-likeness (QED) is 0.808. The Morgan fingerprint density at radius 1 is 1.42 bits per heavy atom. The summed E-state index contributed by atoms with van der Waals surface area (Å²) in [4.78, 5) is 0. The third kappa shape index (κ3) is 2.47. The molecule has 0 saturated carbocycles. The Morgan fingerprint density at radius 3 is 2.74 bits per heavy atom. The summed E-state index contributed by atoms with van der Waals surface area (Å²) >= 11 is 5.86. The first-order valence-electron chi connectivity index (χ1n) is 5.84. The van der Waals surface area contributed by atoms with Gasteiger partial charge < -0.3 is 0 Å². The van der Waals surface area contributed by atoms with Gasteiger partial charge in [0.1, 0.15) is 11.9 Å². The molecule has 0 aliphatic carbocycles. The van der Waals surface area contributed by atoms with Crippen molar-refractivity contribution in [3.05, 3.63) is 52.1 Å². The van der Waals surface area contributed by atoms with E-state index in [1.54, 1.807) is 16.8 Å². The topological polar surface area (TPSA) is 41.6 Å². The molecule has 3 nitrogen and oxygen atoms in total. The van der Waals surface area contributed by atoms with Gasteiger partial charge in [0.25, 0.3) is 0 Å². The standard InChI is InChI=1S/C14H13ClFN3/c1-9-13(6-15)10(2)19(18-9)8-12-5-3-4-11(7-17)14(12)16/h3-5H,6,8H2,1-2H3. The third-order valence-corrected chi connectivity index (χ3v) is 3.45. The molecule has 0 spiro atoms. The first-order valence-corrected chi connectivity index (χ1v) is 6.38. The van der Waals surface area contributed by atoms with Crippen LogP contribution in [0.1, 0.15) is 28.1 Å². The highest BCUT2D eigenvalue weighted by atomic mass is 35.5. The molecule has 0 atom stereocenters. The van der Waals surface area contributed by atoms with Crippen LogP contribution in [0.15, 0.2) is 18.2 Å². The van der Waals surface area contributed by atoms with Crippen molar-refractivity contribution in [1.29, 1.82) is 5.26 Å². The fourth-order valence-corrected chi connectivity index (χ4v) is 2.42. The van der Waals surface area contributed by atoms with E-state index >= 15 is 0 Å². The van der Waals surface area contributed by atoms with Crippen LogP contribution >= 0.6 is 11.6 Å². The Morgan fingerprint density at radius 2 is 2.16 bits per heavy atom. The van der Waals surface area contributed by atoms with Crippen molar-refractivity contribution in [3.8, 4) is 6.07 Å². The van der Waals surface area contributed by atoms with Gasteiger partial charge in [0, 0.05) is 16.8 Å². The zero-order valence-corrected chi connectivity index (χ0v) is 11.5. The number of aromatic nitrogens is 2. The predicted molar refractivity (Wildman–Crippen MR) is 71.5 cm³/mol. The number of hydrogen-bond donors (Lipinski definition) is 0. The van der Waals surface area contributed by atoms with Crippen LogP contribution in [0.3, 0.4) is 0 Å². The summed E-state index contributed by atoms with van der Waals surface area (Å²) in [6.07, 6.45) is 0. The van der Waals surface area contributed by atoms with Gasteiger partial charge in [-0.3, -0.25) is 4.68 Å². The molecular formula is C14H13ClFN3. The van der Waals surface area contributed by atoms with Crippen molar-refractivity contribution in [2.24, 2.45) is 0 Å². The lowest BCUT2D eigenvalue weighted by atomic mass is 10.1. The molecule has 2 rings (SSSR count). The molecule has 0 bridgehead atoms. The van der Waals surface area contributed by atoms with Crippen LogP contribution in [-0.2, 0) is 12.4 Å². The number of hydrogen-bond acceptors (Lipinski definition) is 2. The van der Waals surface area contributed by atoms with E-state index in [2.05, 4.69) is 5.10 Å². The number of rotatable bonds is 3. The average Bonchev–Trinajstić information content (AvgIpc) is 2.66. The van der Waals surface area contributed by atoms with Crippen molar-refractivity contribution in [3.63, 3.8) is 0 Å². The van der Waals surface area contributed by atoms with E-state index in [0.717, 1.165) is 17.0 Å². The lowest BCUT2D eigenvalue weighted by molar-refractivity contribution is 0.576. The summed E-state index contributed by atoms with van der Waals surface area (Å²) in [7, 11) is 0. The average molecular weight is 278 g/mol. The van der Waals surface area contributed by atoms with Crippen molar-refractivity contribution in [1.82, 2.24) is 9.78 Å². The maximum absolute atomic E-state index is 14.0. The molecule has 1 heterocycles. The minimum absolute atomic E-state index is 0.0524. The van der Waals surface area contributed by atoms with Gasteiger partial charge in [0.15, 0.2) is 0 Å². The summed E-state index contributed by atoms with van der Waals surface area (Å²) in [6.45, 7) is 4.08. The van der Waals surface area contributed by atoms with Crippen LogP contribution in [0.5, 0.6) is 0 Å². The third-order valence-electron chi connectivity index (χ3n) is 3.18. The Labute approximate surface area is 116 Å². The number of nitriles is 1. The van der Waals surface area contributed by atoms with Crippen molar-refractivity contribution >= 4 is 11.6 Å². The first-order chi connectivity index (χ1) is 9.08. The monoisotopic (exact) mass is 277 g/mol. The molecule has 0 saturated heterocycles.